The van der Waals surface area contributed by atoms with E-state index in [0.29, 0.717) is 17.9 Å². The van der Waals surface area contributed by atoms with Gasteiger partial charge in [0.25, 0.3) is 0 Å². The Morgan fingerprint density at radius 2 is 1.94 bits per heavy atom. The van der Waals surface area contributed by atoms with Crippen molar-refractivity contribution in [2.24, 2.45) is 11.8 Å². The van der Waals surface area contributed by atoms with Gasteiger partial charge in [-0.05, 0) is 99.4 Å². The summed E-state index contributed by atoms with van der Waals surface area (Å²) in [5.41, 5.74) is 3.25. The minimum Gasteiger partial charge on any atom is -0.344 e. The molecule has 32 heavy (non-hydrogen) atoms. The topological polar surface area (TPSA) is 28.5 Å². The molecule has 4 fully saturated rings. The van der Waals surface area contributed by atoms with E-state index in [2.05, 4.69) is 44.8 Å². The molecule has 5 heterocycles. The summed E-state index contributed by atoms with van der Waals surface area (Å²) in [6.45, 7) is 4.26. The molecule has 168 valence electrons. The number of benzene rings is 1. The van der Waals surface area contributed by atoms with Crippen LogP contribution < -0.4 is 0 Å². The third kappa shape index (κ3) is 3.62. The van der Waals surface area contributed by atoms with Gasteiger partial charge in [0.2, 0.25) is 5.91 Å². The lowest BCUT2D eigenvalue weighted by atomic mass is 9.67. The first-order chi connectivity index (χ1) is 15.7. The number of hydrogen-bond donors (Lipinski definition) is 0. The van der Waals surface area contributed by atoms with Gasteiger partial charge in [-0.1, -0.05) is 23.7 Å². The lowest BCUT2D eigenvalue weighted by Gasteiger charge is -2.58. The van der Waals surface area contributed by atoms with Crippen LogP contribution in [-0.4, -0.2) is 52.0 Å². The summed E-state index contributed by atoms with van der Waals surface area (Å²) in [5.74, 6) is 1.64. The molecule has 1 aromatic carbocycles. The largest absolute Gasteiger partial charge is 0.344 e. The molecule has 4 aliphatic rings. The van der Waals surface area contributed by atoms with E-state index in [-0.39, 0.29) is 5.91 Å². The normalized spacial score (nSPS) is 31.5. The second-order valence-corrected chi connectivity index (χ2v) is 10.6. The molecule has 1 aromatic heterocycles. The maximum atomic E-state index is 13.7. The second-order valence-electron chi connectivity index (χ2n) is 10.2. The van der Waals surface area contributed by atoms with E-state index in [1.165, 1.54) is 44.3 Å². The zero-order valence-corrected chi connectivity index (χ0v) is 19.4. The first-order valence-electron chi connectivity index (χ1n) is 12.3. The van der Waals surface area contributed by atoms with Gasteiger partial charge in [0.05, 0.1) is 0 Å². The molecule has 4 aliphatic heterocycles. The Balaban J connectivity index is 1.24. The molecule has 0 unspecified atom stereocenters. The highest BCUT2D eigenvalue weighted by atomic mass is 35.5. The number of carbonyl (C=O) groups is 1. The van der Waals surface area contributed by atoms with Gasteiger partial charge in [-0.2, -0.15) is 0 Å². The van der Waals surface area contributed by atoms with Gasteiger partial charge in [-0.15, -0.1) is 0 Å². The monoisotopic (exact) mass is 449 g/mol. The van der Waals surface area contributed by atoms with Crippen LogP contribution in [0.25, 0.3) is 6.08 Å². The Morgan fingerprint density at radius 3 is 2.81 bits per heavy atom. The Morgan fingerprint density at radius 1 is 1.06 bits per heavy atom. The Bertz CT molecular complexity index is 1040. The van der Waals surface area contributed by atoms with Crippen molar-refractivity contribution in [1.29, 1.82) is 0 Å². The van der Waals surface area contributed by atoms with Crippen LogP contribution in [0.1, 0.15) is 49.8 Å². The van der Waals surface area contributed by atoms with Gasteiger partial charge in [0.15, 0.2) is 0 Å². The zero-order chi connectivity index (χ0) is 21.7. The number of amides is 1. The van der Waals surface area contributed by atoms with Crippen LogP contribution in [0.4, 0.5) is 0 Å². The van der Waals surface area contributed by atoms with Crippen LogP contribution in [0.3, 0.4) is 0 Å². The number of hydrogen-bond acceptors (Lipinski definition) is 2. The molecule has 4 saturated heterocycles. The summed E-state index contributed by atoms with van der Waals surface area (Å²) in [5, 5.41) is 0.760. The Hall–Kier alpha value is -2.04. The van der Waals surface area contributed by atoms with Crippen molar-refractivity contribution in [3.63, 3.8) is 0 Å². The van der Waals surface area contributed by atoms with Crippen molar-refractivity contribution in [2.45, 2.75) is 57.2 Å². The van der Waals surface area contributed by atoms with E-state index in [0.717, 1.165) is 48.3 Å². The lowest BCUT2D eigenvalue weighted by molar-refractivity contribution is -0.145. The van der Waals surface area contributed by atoms with Crippen LogP contribution in [-0.2, 0) is 11.3 Å². The summed E-state index contributed by atoms with van der Waals surface area (Å²) >= 11 is 6.18. The van der Waals surface area contributed by atoms with E-state index in [1.807, 2.05) is 18.2 Å². The molecule has 5 heteroatoms. The molecular weight excluding hydrogens is 418 g/mol. The van der Waals surface area contributed by atoms with E-state index in [1.54, 1.807) is 0 Å². The number of piperidine rings is 4. The number of halogens is 1. The third-order valence-electron chi connectivity index (χ3n) is 8.35. The summed E-state index contributed by atoms with van der Waals surface area (Å²) in [6.07, 6.45) is 11.4. The summed E-state index contributed by atoms with van der Waals surface area (Å²) in [4.78, 5) is 18.7. The van der Waals surface area contributed by atoms with Crippen LogP contribution in [0.2, 0.25) is 5.02 Å². The molecule has 0 saturated carbocycles. The summed E-state index contributed by atoms with van der Waals surface area (Å²) in [7, 11) is 0. The predicted octanol–water partition coefficient (Wildman–Crippen LogP) is 5.07. The quantitative estimate of drug-likeness (QED) is 0.612. The zero-order valence-electron chi connectivity index (χ0n) is 18.6. The van der Waals surface area contributed by atoms with Gasteiger partial charge in [-0.3, -0.25) is 9.69 Å². The lowest BCUT2D eigenvalue weighted by Crippen LogP contribution is -2.66. The maximum absolute atomic E-state index is 13.7. The molecule has 0 N–H and O–H groups in total. The van der Waals surface area contributed by atoms with Gasteiger partial charge < -0.3 is 9.47 Å². The number of aromatic nitrogens is 1. The molecule has 1 amide bonds. The highest BCUT2D eigenvalue weighted by molar-refractivity contribution is 6.30. The minimum atomic E-state index is 0.290. The SMILES string of the molecule is O=C1/C(=C/c2cccn2Cc2cccc(Cl)c2)CC[C@@H]2[C@H]3CCCN4CCC[C@@H](CN12)[C@@H]34. The molecule has 0 bridgehead atoms. The maximum Gasteiger partial charge on any atom is 0.250 e. The predicted molar refractivity (Wildman–Crippen MR) is 129 cm³/mol. The highest BCUT2D eigenvalue weighted by Gasteiger charge is 2.51. The smallest absolute Gasteiger partial charge is 0.250 e. The van der Waals surface area contributed by atoms with E-state index >= 15 is 0 Å². The average Bonchev–Trinajstić information content (AvgIpc) is 3.23. The molecular formula is C27H32ClN3O. The first kappa shape index (κ1) is 20.6. The van der Waals surface area contributed by atoms with Crippen molar-refractivity contribution in [1.82, 2.24) is 14.4 Å². The molecule has 0 aliphatic carbocycles. The van der Waals surface area contributed by atoms with Crippen LogP contribution in [0, 0.1) is 11.8 Å². The highest BCUT2D eigenvalue weighted by Crippen LogP contribution is 2.45. The van der Waals surface area contributed by atoms with Gasteiger partial charge in [-0.25, -0.2) is 0 Å². The number of fused-ring (bicyclic) bond motifs is 2. The van der Waals surface area contributed by atoms with Crippen molar-refractivity contribution in [3.05, 3.63) is 64.4 Å². The molecule has 4 atom stereocenters. The molecule has 6 rings (SSSR count). The molecule has 0 spiro atoms. The standard InChI is InChI=1S/C27H32ClN3O/c28-22-7-1-5-19(15-22)17-30-14-3-8-23(30)16-20-10-11-25-24-9-4-13-29-12-2-6-21(26(24)29)18-31(25)27(20)32/h1,3,5,7-8,14-16,21,24-26H,2,4,6,9-13,17-18H2/b20-16+/t21-,24+,25+,26-/m0/s1. The van der Waals surface area contributed by atoms with Crippen molar-refractivity contribution < 1.29 is 4.79 Å². The summed E-state index contributed by atoms with van der Waals surface area (Å²) < 4.78 is 2.21. The molecule has 4 nitrogen and oxygen atoms in total. The number of nitrogens with zero attached hydrogens (tertiary/aromatic N) is 3. The van der Waals surface area contributed by atoms with Gasteiger partial charge >= 0.3 is 0 Å². The fourth-order valence-electron chi connectivity index (χ4n) is 7.04. The van der Waals surface area contributed by atoms with E-state index in [4.69, 9.17) is 11.6 Å². The molecule has 2 aromatic rings. The van der Waals surface area contributed by atoms with Crippen molar-refractivity contribution in [3.8, 4) is 0 Å². The summed E-state index contributed by atoms with van der Waals surface area (Å²) in [6, 6.07) is 13.4. The van der Waals surface area contributed by atoms with Gasteiger partial charge in [0.1, 0.15) is 0 Å². The van der Waals surface area contributed by atoms with Crippen LogP contribution in [0.15, 0.2) is 48.2 Å². The van der Waals surface area contributed by atoms with Crippen molar-refractivity contribution >= 4 is 23.6 Å². The van der Waals surface area contributed by atoms with Crippen LogP contribution in [0.5, 0.6) is 0 Å². The second kappa shape index (κ2) is 8.39. The average molecular weight is 450 g/mol. The van der Waals surface area contributed by atoms with E-state index < -0.39 is 0 Å². The first-order valence-corrected chi connectivity index (χ1v) is 12.7. The fourth-order valence-corrected chi connectivity index (χ4v) is 7.25. The fraction of sp³-hybridized carbons (Fsp3) is 0.519. The number of carbonyl (C=O) groups excluding carboxylic acids is 1. The third-order valence-corrected chi connectivity index (χ3v) is 8.58. The number of rotatable bonds is 3. The van der Waals surface area contributed by atoms with Crippen LogP contribution >= 0.6 is 11.6 Å². The Labute approximate surface area is 195 Å². The molecule has 0 radical (unpaired) electrons. The minimum absolute atomic E-state index is 0.290. The van der Waals surface area contributed by atoms with Gasteiger partial charge in [0, 0.05) is 47.7 Å². The van der Waals surface area contributed by atoms with E-state index in [9.17, 15) is 4.79 Å². The Kier molecular flexibility index (Phi) is 5.39. The van der Waals surface area contributed by atoms with Crippen molar-refractivity contribution in [2.75, 3.05) is 19.6 Å².